The maximum Gasteiger partial charge on any atom is 0.387 e. The molecule has 1 heterocycles. The quantitative estimate of drug-likeness (QED) is 0.655. The molecular formula is C15H13F2N3O3. The van der Waals surface area contributed by atoms with Crippen LogP contribution in [0.4, 0.5) is 8.78 Å². The highest BCUT2D eigenvalue weighted by molar-refractivity contribution is 5.93. The van der Waals surface area contributed by atoms with Crippen LogP contribution in [-0.2, 0) is 0 Å². The lowest BCUT2D eigenvalue weighted by Gasteiger charge is -2.10. The number of hydrazone groups is 1. The third-order valence-electron chi connectivity index (χ3n) is 2.68. The van der Waals surface area contributed by atoms with Gasteiger partial charge in [-0.25, -0.2) is 5.43 Å². The van der Waals surface area contributed by atoms with Crippen molar-refractivity contribution in [3.8, 4) is 11.5 Å². The number of alkyl halides is 2. The Kier molecular flexibility index (Phi) is 5.56. The number of nitrogens with zero attached hydrogens (tertiary/aromatic N) is 2. The van der Waals surface area contributed by atoms with E-state index in [-0.39, 0.29) is 17.2 Å². The predicted molar refractivity (Wildman–Crippen MR) is 78.9 cm³/mol. The number of rotatable bonds is 6. The van der Waals surface area contributed by atoms with Gasteiger partial charge in [-0.05, 0) is 35.9 Å². The van der Waals surface area contributed by atoms with Crippen molar-refractivity contribution in [2.75, 3.05) is 7.11 Å². The third kappa shape index (κ3) is 4.73. The second kappa shape index (κ2) is 7.83. The molecular weight excluding hydrogens is 308 g/mol. The second-order valence-corrected chi connectivity index (χ2v) is 4.20. The van der Waals surface area contributed by atoms with E-state index in [1.165, 1.54) is 37.7 Å². The first-order valence-corrected chi connectivity index (χ1v) is 6.47. The van der Waals surface area contributed by atoms with Crippen molar-refractivity contribution >= 4 is 12.1 Å². The zero-order valence-electron chi connectivity index (χ0n) is 12.1. The Hall–Kier alpha value is -3.03. The van der Waals surface area contributed by atoms with Gasteiger partial charge < -0.3 is 9.47 Å². The molecule has 0 saturated heterocycles. The number of hydrogen-bond donors (Lipinski definition) is 1. The molecule has 2 rings (SSSR count). The topological polar surface area (TPSA) is 72.8 Å². The van der Waals surface area contributed by atoms with Crippen molar-refractivity contribution in [2.45, 2.75) is 6.61 Å². The van der Waals surface area contributed by atoms with Crippen LogP contribution in [0.3, 0.4) is 0 Å². The molecule has 6 nitrogen and oxygen atoms in total. The van der Waals surface area contributed by atoms with Crippen molar-refractivity contribution in [3.05, 3.63) is 53.9 Å². The van der Waals surface area contributed by atoms with E-state index in [1.807, 2.05) is 0 Å². The number of amides is 1. The number of pyridine rings is 1. The van der Waals surface area contributed by atoms with Crippen molar-refractivity contribution in [3.63, 3.8) is 0 Å². The molecule has 23 heavy (non-hydrogen) atoms. The minimum absolute atomic E-state index is 0.123. The van der Waals surface area contributed by atoms with Gasteiger partial charge in [-0.3, -0.25) is 9.78 Å². The monoisotopic (exact) mass is 321 g/mol. The number of hydrogen-bond acceptors (Lipinski definition) is 5. The van der Waals surface area contributed by atoms with E-state index in [0.29, 0.717) is 5.56 Å². The lowest BCUT2D eigenvalue weighted by Crippen LogP contribution is -2.18. The number of methoxy groups -OCH3 is 1. The maximum atomic E-state index is 12.3. The molecule has 0 radical (unpaired) electrons. The number of nitrogens with one attached hydrogen (secondary N) is 1. The van der Waals surface area contributed by atoms with Gasteiger partial charge in [0.05, 0.1) is 13.3 Å². The van der Waals surface area contributed by atoms with Gasteiger partial charge in [0, 0.05) is 6.20 Å². The van der Waals surface area contributed by atoms with Gasteiger partial charge >= 0.3 is 6.61 Å². The normalized spacial score (nSPS) is 10.8. The van der Waals surface area contributed by atoms with E-state index >= 15 is 0 Å². The fourth-order valence-electron chi connectivity index (χ4n) is 1.68. The highest BCUT2D eigenvalue weighted by Gasteiger charge is 2.11. The zero-order chi connectivity index (χ0) is 16.7. The summed E-state index contributed by atoms with van der Waals surface area (Å²) >= 11 is 0. The zero-order valence-corrected chi connectivity index (χ0v) is 12.1. The Morgan fingerprint density at radius 1 is 1.30 bits per heavy atom. The number of halogens is 2. The first kappa shape index (κ1) is 16.3. The second-order valence-electron chi connectivity index (χ2n) is 4.20. The van der Waals surface area contributed by atoms with E-state index in [4.69, 9.17) is 4.74 Å². The first-order valence-electron chi connectivity index (χ1n) is 6.47. The van der Waals surface area contributed by atoms with Crippen LogP contribution in [0, 0.1) is 0 Å². The van der Waals surface area contributed by atoms with E-state index in [0.717, 1.165) is 0 Å². The van der Waals surface area contributed by atoms with Crippen LogP contribution < -0.4 is 14.9 Å². The van der Waals surface area contributed by atoms with Crippen molar-refractivity contribution in [1.82, 2.24) is 10.4 Å². The SMILES string of the molecule is COc1ccc(/C=N\NC(=O)c2ccccn2)cc1OC(F)F. The molecule has 0 fully saturated rings. The maximum absolute atomic E-state index is 12.3. The average Bonchev–Trinajstić information content (AvgIpc) is 2.55. The smallest absolute Gasteiger partial charge is 0.387 e. The molecule has 0 aliphatic heterocycles. The van der Waals surface area contributed by atoms with E-state index in [1.54, 1.807) is 18.2 Å². The summed E-state index contributed by atoms with van der Waals surface area (Å²) in [4.78, 5) is 15.6. The van der Waals surface area contributed by atoms with Crippen LogP contribution in [-0.4, -0.2) is 30.8 Å². The van der Waals surface area contributed by atoms with Crippen molar-refractivity contribution in [1.29, 1.82) is 0 Å². The fraction of sp³-hybridized carbons (Fsp3) is 0.133. The van der Waals surface area contributed by atoms with Crippen LogP contribution in [0.2, 0.25) is 0 Å². The number of ether oxygens (including phenoxy) is 2. The van der Waals surface area contributed by atoms with Crippen molar-refractivity contribution < 1.29 is 23.0 Å². The molecule has 1 amide bonds. The van der Waals surface area contributed by atoms with Gasteiger partial charge in [0.1, 0.15) is 5.69 Å². The molecule has 0 atom stereocenters. The molecule has 0 spiro atoms. The van der Waals surface area contributed by atoms with E-state index in [9.17, 15) is 13.6 Å². The summed E-state index contributed by atoms with van der Waals surface area (Å²) < 4.78 is 34.0. The van der Waals surface area contributed by atoms with Crippen LogP contribution in [0.25, 0.3) is 0 Å². The van der Waals surface area contributed by atoms with E-state index in [2.05, 4.69) is 20.2 Å². The van der Waals surface area contributed by atoms with Crippen LogP contribution >= 0.6 is 0 Å². The highest BCUT2D eigenvalue weighted by atomic mass is 19.3. The Balaban J connectivity index is 2.06. The summed E-state index contributed by atoms with van der Waals surface area (Å²) in [6, 6.07) is 9.24. The molecule has 0 bridgehead atoms. The molecule has 2 aromatic rings. The summed E-state index contributed by atoms with van der Waals surface area (Å²) in [6.07, 6.45) is 2.77. The minimum atomic E-state index is -2.97. The van der Waals surface area contributed by atoms with Crippen molar-refractivity contribution in [2.24, 2.45) is 5.10 Å². The highest BCUT2D eigenvalue weighted by Crippen LogP contribution is 2.28. The van der Waals surface area contributed by atoms with Crippen LogP contribution in [0.1, 0.15) is 16.1 Å². The predicted octanol–water partition coefficient (Wildman–Crippen LogP) is 2.46. The number of carbonyl (C=O) groups excluding carboxylic acids is 1. The molecule has 0 saturated carbocycles. The number of benzene rings is 1. The van der Waals surface area contributed by atoms with Gasteiger partial charge in [-0.1, -0.05) is 6.07 Å². The Morgan fingerprint density at radius 3 is 2.78 bits per heavy atom. The Bertz CT molecular complexity index is 694. The van der Waals surface area contributed by atoms with Crippen LogP contribution in [0.15, 0.2) is 47.7 Å². The average molecular weight is 321 g/mol. The molecule has 1 aromatic carbocycles. The molecule has 0 aliphatic rings. The Morgan fingerprint density at radius 2 is 2.13 bits per heavy atom. The molecule has 1 N–H and O–H groups in total. The number of aromatic nitrogens is 1. The van der Waals surface area contributed by atoms with Gasteiger partial charge in [0.25, 0.3) is 5.91 Å². The molecule has 1 aromatic heterocycles. The largest absolute Gasteiger partial charge is 0.493 e. The lowest BCUT2D eigenvalue weighted by atomic mass is 10.2. The summed E-state index contributed by atoms with van der Waals surface area (Å²) in [5.74, 6) is -0.443. The van der Waals surface area contributed by atoms with E-state index < -0.39 is 12.5 Å². The summed E-state index contributed by atoms with van der Waals surface area (Å²) in [6.45, 7) is -2.97. The lowest BCUT2D eigenvalue weighted by molar-refractivity contribution is -0.0512. The van der Waals surface area contributed by atoms with Gasteiger partial charge in [0.2, 0.25) is 0 Å². The van der Waals surface area contributed by atoms with Gasteiger partial charge in [-0.2, -0.15) is 13.9 Å². The fourth-order valence-corrected chi connectivity index (χ4v) is 1.68. The van der Waals surface area contributed by atoms with Crippen LogP contribution in [0.5, 0.6) is 11.5 Å². The minimum Gasteiger partial charge on any atom is -0.493 e. The van der Waals surface area contributed by atoms with Gasteiger partial charge in [-0.15, -0.1) is 0 Å². The molecule has 0 aliphatic carbocycles. The number of carbonyl (C=O) groups is 1. The van der Waals surface area contributed by atoms with Gasteiger partial charge in [0.15, 0.2) is 11.5 Å². The summed E-state index contributed by atoms with van der Waals surface area (Å²) in [7, 11) is 1.34. The standard InChI is InChI=1S/C15H13F2N3O3/c1-22-12-6-5-10(8-13(12)23-15(16)17)9-19-20-14(21)11-4-2-3-7-18-11/h2-9,15H,1H3,(H,20,21)/b19-9-. The molecule has 120 valence electrons. The summed E-state index contributed by atoms with van der Waals surface area (Å²) in [5, 5.41) is 3.75. The molecule has 8 heteroatoms. The third-order valence-corrected chi connectivity index (χ3v) is 2.68. The first-order chi connectivity index (χ1) is 11.1. The summed E-state index contributed by atoms with van der Waals surface area (Å²) in [5.41, 5.74) is 2.94. The molecule has 0 unspecified atom stereocenters. The Labute approximate surface area is 130 Å².